The number of terminal acetylenes is 1. The SMILES string of the molecule is C#C[C@H](NC(=O)NC[C@H]1CCO[C@H]1C(C)C)C(C)C. The Labute approximate surface area is 116 Å². The number of nitrogens with one attached hydrogen (secondary N) is 2. The number of rotatable bonds is 5. The van der Waals surface area contributed by atoms with Gasteiger partial charge in [-0.1, -0.05) is 33.6 Å². The first kappa shape index (κ1) is 15.8. The summed E-state index contributed by atoms with van der Waals surface area (Å²) in [5.41, 5.74) is 0. The van der Waals surface area contributed by atoms with Gasteiger partial charge in [0.1, 0.15) is 0 Å². The van der Waals surface area contributed by atoms with Gasteiger partial charge >= 0.3 is 6.03 Å². The number of amides is 2. The van der Waals surface area contributed by atoms with Gasteiger partial charge in [0.25, 0.3) is 0 Å². The van der Waals surface area contributed by atoms with E-state index in [-0.39, 0.29) is 24.1 Å². The smallest absolute Gasteiger partial charge is 0.315 e. The van der Waals surface area contributed by atoms with Crippen molar-refractivity contribution in [2.24, 2.45) is 17.8 Å². The molecular weight excluding hydrogens is 240 g/mol. The van der Waals surface area contributed by atoms with Crippen LogP contribution >= 0.6 is 0 Å². The summed E-state index contributed by atoms with van der Waals surface area (Å²) in [6.45, 7) is 9.71. The molecule has 1 aliphatic rings. The summed E-state index contributed by atoms with van der Waals surface area (Å²) < 4.78 is 5.70. The lowest BCUT2D eigenvalue weighted by Gasteiger charge is -2.23. The standard InChI is InChI=1S/C15H26N2O2/c1-6-13(10(2)3)17-15(18)16-9-12-7-8-19-14(12)11(4)5/h1,10-14H,7-9H2,2-5H3,(H2,16,17,18)/t12-,13+,14+/m1/s1. The van der Waals surface area contributed by atoms with E-state index in [9.17, 15) is 4.79 Å². The summed E-state index contributed by atoms with van der Waals surface area (Å²) >= 11 is 0. The Morgan fingerprint density at radius 2 is 2.11 bits per heavy atom. The second-order valence-electron chi connectivity index (χ2n) is 5.87. The average molecular weight is 266 g/mol. The molecule has 1 rings (SSSR count). The number of hydrogen-bond donors (Lipinski definition) is 2. The first-order valence-electron chi connectivity index (χ1n) is 7.07. The highest BCUT2D eigenvalue weighted by molar-refractivity contribution is 5.74. The van der Waals surface area contributed by atoms with Gasteiger partial charge in [0, 0.05) is 19.1 Å². The summed E-state index contributed by atoms with van der Waals surface area (Å²) in [7, 11) is 0. The van der Waals surface area contributed by atoms with Crippen LogP contribution in [0.25, 0.3) is 0 Å². The minimum Gasteiger partial charge on any atom is -0.378 e. The molecule has 0 radical (unpaired) electrons. The molecule has 1 fully saturated rings. The predicted octanol–water partition coefficient (Wildman–Crippen LogP) is 2.00. The maximum atomic E-state index is 11.8. The van der Waals surface area contributed by atoms with Crippen LogP contribution in [-0.2, 0) is 4.74 Å². The fraction of sp³-hybridized carbons (Fsp3) is 0.800. The molecule has 0 saturated carbocycles. The maximum Gasteiger partial charge on any atom is 0.315 e. The molecule has 3 atom stereocenters. The summed E-state index contributed by atoms with van der Waals surface area (Å²) in [4.78, 5) is 11.8. The van der Waals surface area contributed by atoms with E-state index in [4.69, 9.17) is 11.2 Å². The van der Waals surface area contributed by atoms with Crippen molar-refractivity contribution >= 4 is 6.03 Å². The maximum absolute atomic E-state index is 11.8. The Hall–Kier alpha value is -1.21. The van der Waals surface area contributed by atoms with Gasteiger partial charge in [-0.05, 0) is 18.3 Å². The van der Waals surface area contributed by atoms with Gasteiger partial charge in [-0.25, -0.2) is 4.79 Å². The molecule has 108 valence electrons. The van der Waals surface area contributed by atoms with Crippen molar-refractivity contribution in [2.45, 2.75) is 46.3 Å². The molecule has 2 N–H and O–H groups in total. The Morgan fingerprint density at radius 1 is 1.42 bits per heavy atom. The first-order valence-corrected chi connectivity index (χ1v) is 7.07. The fourth-order valence-corrected chi connectivity index (χ4v) is 2.43. The molecular formula is C15H26N2O2. The van der Waals surface area contributed by atoms with Crippen LogP contribution in [0.4, 0.5) is 4.79 Å². The Kier molecular flexibility index (Phi) is 6.17. The summed E-state index contributed by atoms with van der Waals surface area (Å²) in [5, 5.41) is 5.71. The summed E-state index contributed by atoms with van der Waals surface area (Å²) in [5.74, 6) is 3.70. The van der Waals surface area contributed by atoms with Gasteiger partial charge in [-0.2, -0.15) is 0 Å². The molecule has 4 heteroatoms. The van der Waals surface area contributed by atoms with E-state index in [0.29, 0.717) is 18.4 Å². The molecule has 0 aliphatic carbocycles. The van der Waals surface area contributed by atoms with Crippen molar-refractivity contribution in [2.75, 3.05) is 13.2 Å². The Bertz CT molecular complexity index is 334. The lowest BCUT2D eigenvalue weighted by atomic mass is 9.93. The zero-order valence-electron chi connectivity index (χ0n) is 12.4. The fourth-order valence-electron chi connectivity index (χ4n) is 2.43. The minimum absolute atomic E-state index is 0.189. The van der Waals surface area contributed by atoms with Gasteiger partial charge in [0.2, 0.25) is 0 Å². The van der Waals surface area contributed by atoms with Crippen LogP contribution in [0.1, 0.15) is 34.1 Å². The monoisotopic (exact) mass is 266 g/mol. The van der Waals surface area contributed by atoms with Gasteiger partial charge in [0.05, 0.1) is 12.1 Å². The van der Waals surface area contributed by atoms with Crippen molar-refractivity contribution in [3.63, 3.8) is 0 Å². The van der Waals surface area contributed by atoms with Crippen molar-refractivity contribution in [3.8, 4) is 12.3 Å². The molecule has 0 aromatic carbocycles. The molecule has 19 heavy (non-hydrogen) atoms. The van der Waals surface area contributed by atoms with Crippen molar-refractivity contribution < 1.29 is 9.53 Å². The third kappa shape index (κ3) is 4.76. The van der Waals surface area contributed by atoms with E-state index in [1.807, 2.05) is 13.8 Å². The van der Waals surface area contributed by atoms with Crippen LogP contribution < -0.4 is 10.6 Å². The van der Waals surface area contributed by atoms with E-state index >= 15 is 0 Å². The number of carbonyl (C=O) groups is 1. The average Bonchev–Trinajstić information content (AvgIpc) is 2.81. The predicted molar refractivity (Wildman–Crippen MR) is 76.7 cm³/mol. The summed E-state index contributed by atoms with van der Waals surface area (Å²) in [6.07, 6.45) is 6.64. The quantitative estimate of drug-likeness (QED) is 0.748. The molecule has 0 aromatic heterocycles. The highest BCUT2D eigenvalue weighted by atomic mass is 16.5. The van der Waals surface area contributed by atoms with E-state index in [1.165, 1.54) is 0 Å². The number of urea groups is 1. The van der Waals surface area contributed by atoms with E-state index in [1.54, 1.807) is 0 Å². The second kappa shape index (κ2) is 7.40. The van der Waals surface area contributed by atoms with Crippen molar-refractivity contribution in [3.05, 3.63) is 0 Å². The highest BCUT2D eigenvalue weighted by Crippen LogP contribution is 2.25. The van der Waals surface area contributed by atoms with Crippen LogP contribution in [0.5, 0.6) is 0 Å². The third-order valence-corrected chi connectivity index (χ3v) is 3.58. The molecule has 2 amide bonds. The second-order valence-corrected chi connectivity index (χ2v) is 5.87. The van der Waals surface area contributed by atoms with Crippen molar-refractivity contribution in [1.82, 2.24) is 10.6 Å². The largest absolute Gasteiger partial charge is 0.378 e. The lowest BCUT2D eigenvalue weighted by Crippen LogP contribution is -2.46. The van der Waals surface area contributed by atoms with Crippen LogP contribution in [0, 0.1) is 30.1 Å². The van der Waals surface area contributed by atoms with E-state index < -0.39 is 0 Å². The Morgan fingerprint density at radius 3 is 2.63 bits per heavy atom. The first-order chi connectivity index (χ1) is 8.95. The van der Waals surface area contributed by atoms with Gasteiger partial charge in [-0.15, -0.1) is 6.42 Å². The van der Waals surface area contributed by atoms with Gasteiger partial charge in [0.15, 0.2) is 0 Å². The molecule has 0 unspecified atom stereocenters. The summed E-state index contributed by atoms with van der Waals surface area (Å²) in [6, 6.07) is -0.410. The zero-order chi connectivity index (χ0) is 14.4. The zero-order valence-corrected chi connectivity index (χ0v) is 12.4. The molecule has 0 aromatic rings. The van der Waals surface area contributed by atoms with Crippen LogP contribution in [0.15, 0.2) is 0 Å². The molecule has 0 spiro atoms. The van der Waals surface area contributed by atoms with Gasteiger partial charge in [-0.3, -0.25) is 0 Å². The molecule has 4 nitrogen and oxygen atoms in total. The van der Waals surface area contributed by atoms with Crippen LogP contribution in [0.3, 0.4) is 0 Å². The number of carbonyl (C=O) groups excluding carboxylic acids is 1. The topological polar surface area (TPSA) is 50.4 Å². The number of ether oxygens (including phenoxy) is 1. The van der Waals surface area contributed by atoms with Crippen LogP contribution in [-0.4, -0.2) is 31.3 Å². The molecule has 1 saturated heterocycles. The number of hydrogen-bond acceptors (Lipinski definition) is 2. The lowest BCUT2D eigenvalue weighted by molar-refractivity contribution is 0.0545. The van der Waals surface area contributed by atoms with Crippen LogP contribution in [0.2, 0.25) is 0 Å². The van der Waals surface area contributed by atoms with Gasteiger partial charge < -0.3 is 15.4 Å². The van der Waals surface area contributed by atoms with E-state index in [2.05, 4.69) is 30.4 Å². The van der Waals surface area contributed by atoms with E-state index in [0.717, 1.165) is 13.0 Å². The molecule has 0 bridgehead atoms. The van der Waals surface area contributed by atoms with Crippen molar-refractivity contribution in [1.29, 1.82) is 0 Å². The normalized spacial score (nSPS) is 24.3. The minimum atomic E-state index is -0.222. The molecule has 1 aliphatic heterocycles. The highest BCUT2D eigenvalue weighted by Gasteiger charge is 2.30. The molecule has 1 heterocycles. The Balaban J connectivity index is 2.36. The third-order valence-electron chi connectivity index (χ3n) is 3.58.